The minimum atomic E-state index is -1.66. The molecule has 3 saturated carbocycles. The number of aromatic hydroxyl groups is 1. The molecule has 4 fully saturated rings. The van der Waals surface area contributed by atoms with Gasteiger partial charge < -0.3 is 29.2 Å². The van der Waals surface area contributed by atoms with Crippen LogP contribution in [0.3, 0.4) is 0 Å². The van der Waals surface area contributed by atoms with E-state index in [4.69, 9.17) is 18.9 Å². The predicted molar refractivity (Wildman–Crippen MR) is 180 cm³/mol. The van der Waals surface area contributed by atoms with E-state index in [2.05, 4.69) is 19.9 Å². The van der Waals surface area contributed by atoms with Crippen LogP contribution in [-0.2, 0) is 25.5 Å². The van der Waals surface area contributed by atoms with Gasteiger partial charge >= 0.3 is 5.97 Å². The predicted octanol–water partition coefficient (Wildman–Crippen LogP) is 6.94. The van der Waals surface area contributed by atoms with Gasteiger partial charge in [0.1, 0.15) is 28.4 Å². The van der Waals surface area contributed by atoms with Crippen molar-refractivity contribution in [2.24, 2.45) is 17.8 Å². The third-order valence-electron chi connectivity index (χ3n) is 11.3. The molecule has 3 heterocycles. The van der Waals surface area contributed by atoms with Gasteiger partial charge in [-0.1, -0.05) is 29.4 Å². The van der Waals surface area contributed by atoms with Gasteiger partial charge in [0.25, 0.3) is 0 Å². The van der Waals surface area contributed by atoms with Crippen molar-refractivity contribution in [3.8, 4) is 17.2 Å². The Kier molecular flexibility index (Phi) is 8.15. The van der Waals surface area contributed by atoms with Crippen molar-refractivity contribution in [2.45, 2.75) is 116 Å². The van der Waals surface area contributed by atoms with Crippen LogP contribution in [0.2, 0.25) is 0 Å². The molecule has 0 radical (unpaired) electrons. The van der Waals surface area contributed by atoms with Crippen LogP contribution in [0.4, 0.5) is 0 Å². The van der Waals surface area contributed by atoms with Crippen molar-refractivity contribution in [3.05, 3.63) is 57.7 Å². The first kappa shape index (κ1) is 34.2. The summed E-state index contributed by atoms with van der Waals surface area (Å²) >= 11 is 0. The summed E-state index contributed by atoms with van der Waals surface area (Å²) in [5.74, 6) is -3.41. The molecule has 3 aliphatic carbocycles. The first-order chi connectivity index (χ1) is 22.4. The number of rotatable bonds is 9. The molecule has 0 amide bonds. The van der Waals surface area contributed by atoms with E-state index in [1.165, 1.54) is 25.7 Å². The Bertz CT molecular complexity index is 1720. The molecule has 6 aliphatic rings. The number of phenols is 1. The van der Waals surface area contributed by atoms with Crippen LogP contribution in [0.1, 0.15) is 103 Å². The molecule has 0 unspecified atom stereocenters. The van der Waals surface area contributed by atoms with Gasteiger partial charge in [0.15, 0.2) is 22.8 Å². The van der Waals surface area contributed by atoms with Crippen LogP contribution in [0, 0.1) is 17.8 Å². The quantitative estimate of drug-likeness (QED) is 0.214. The molecule has 1 saturated heterocycles. The van der Waals surface area contributed by atoms with Crippen LogP contribution in [-0.4, -0.2) is 63.4 Å². The Morgan fingerprint density at radius 2 is 1.71 bits per heavy atom. The molecule has 48 heavy (non-hydrogen) atoms. The van der Waals surface area contributed by atoms with E-state index < -0.39 is 52.2 Å². The molecular weight excluding hydrogens is 612 g/mol. The lowest BCUT2D eigenvalue weighted by atomic mass is 9.45. The molecule has 7 atom stereocenters. The Morgan fingerprint density at radius 1 is 1.02 bits per heavy atom. The van der Waals surface area contributed by atoms with Crippen molar-refractivity contribution in [1.82, 2.24) is 0 Å². The minimum absolute atomic E-state index is 0.0505. The maximum absolute atomic E-state index is 15.1. The van der Waals surface area contributed by atoms with Crippen molar-refractivity contribution in [2.75, 3.05) is 7.11 Å². The SMILES string of the molecule is CO[C@H]1[C@@H]2C[C@H]3C(C)(C)O[C@@](CC=C(C)C(=O)O)(C2=O)[C@]32Oc3c(CC=C(C)C)c4c(c(O)c3C(=O)[C@@H]12)C=C[C@@](C)(CCC=C(C)C)O4. The van der Waals surface area contributed by atoms with Crippen molar-refractivity contribution >= 4 is 23.6 Å². The highest BCUT2D eigenvalue weighted by Gasteiger charge is 2.85. The van der Waals surface area contributed by atoms with Gasteiger partial charge in [0, 0.05) is 36.5 Å². The average molecular weight is 661 g/mol. The smallest absolute Gasteiger partial charge is 0.330 e. The van der Waals surface area contributed by atoms with Crippen molar-refractivity contribution in [3.63, 3.8) is 0 Å². The molecule has 3 aliphatic heterocycles. The van der Waals surface area contributed by atoms with E-state index in [1.54, 1.807) is 0 Å². The summed E-state index contributed by atoms with van der Waals surface area (Å²) in [5.41, 5.74) is -1.39. The van der Waals surface area contributed by atoms with Crippen molar-refractivity contribution in [1.29, 1.82) is 0 Å². The number of hydrogen-bond acceptors (Lipinski definition) is 8. The Hall–Kier alpha value is -3.69. The number of ketones is 2. The highest BCUT2D eigenvalue weighted by atomic mass is 16.6. The number of allylic oxidation sites excluding steroid dienone is 4. The first-order valence-electron chi connectivity index (χ1n) is 16.9. The fraction of sp³-hybridized carbons (Fsp3) is 0.564. The average Bonchev–Trinajstić information content (AvgIpc) is 3.14. The van der Waals surface area contributed by atoms with Crippen LogP contribution in [0.15, 0.2) is 41.0 Å². The summed E-state index contributed by atoms with van der Waals surface area (Å²) in [6.07, 6.45) is 10.8. The second-order valence-corrected chi connectivity index (χ2v) is 15.5. The van der Waals surface area contributed by atoms with E-state index in [1.807, 2.05) is 52.8 Å². The summed E-state index contributed by atoms with van der Waals surface area (Å²) in [4.78, 5) is 41.6. The van der Waals surface area contributed by atoms with Gasteiger partial charge in [-0.2, -0.15) is 0 Å². The number of carbonyl (C=O) groups is 3. The van der Waals surface area contributed by atoms with E-state index in [9.17, 15) is 19.8 Å². The van der Waals surface area contributed by atoms with E-state index in [-0.39, 0.29) is 40.6 Å². The molecule has 2 N–H and O–H groups in total. The number of Topliss-reactive ketones (excluding diaryl/α,β-unsaturated/α-hetero) is 2. The zero-order valence-corrected chi connectivity index (χ0v) is 29.5. The Balaban J connectivity index is 1.61. The standard InChI is InChI=1S/C39H48O9/c1-20(2)11-10-16-37(8)17-15-23-29(40)27-30(41)28-33(45-9)25-19-26-36(6,7)48-38(34(25)42,18-14-22(5)35(43)44)39(26,28)47-32(27)24(31(23)46-37)13-12-21(3)4/h11-12,14-15,17,25-26,28,33,40H,10,13,16,18-19H2,1-9H3,(H,43,44)/t25-,26-,28-,33-,37+,38-,39-/m0/s1. The number of carbonyl (C=O) groups excluding carboxylic acids is 2. The van der Waals surface area contributed by atoms with Gasteiger partial charge in [-0.25, -0.2) is 4.79 Å². The van der Waals surface area contributed by atoms with Crippen LogP contribution >= 0.6 is 0 Å². The van der Waals surface area contributed by atoms with Crippen LogP contribution in [0.25, 0.3) is 6.08 Å². The molecule has 7 rings (SSSR count). The second kappa shape index (κ2) is 11.4. The number of phenolic OH excluding ortho intramolecular Hbond substituents is 1. The van der Waals surface area contributed by atoms with Crippen LogP contribution < -0.4 is 9.47 Å². The van der Waals surface area contributed by atoms with Crippen LogP contribution in [0.5, 0.6) is 17.2 Å². The zero-order valence-electron chi connectivity index (χ0n) is 29.5. The summed E-state index contributed by atoms with van der Waals surface area (Å²) in [6, 6.07) is 0. The maximum Gasteiger partial charge on any atom is 0.330 e. The van der Waals surface area contributed by atoms with Gasteiger partial charge in [0.05, 0.1) is 23.2 Å². The highest BCUT2D eigenvalue weighted by molar-refractivity contribution is 6.10. The molecule has 1 spiro atoms. The molecule has 1 aromatic carbocycles. The molecule has 4 bridgehead atoms. The van der Waals surface area contributed by atoms with Gasteiger partial charge in [-0.15, -0.1) is 0 Å². The number of ether oxygens (including phenoxy) is 4. The summed E-state index contributed by atoms with van der Waals surface area (Å²) in [5, 5.41) is 21.6. The molecule has 9 nitrogen and oxygen atoms in total. The van der Waals surface area contributed by atoms with E-state index >= 15 is 4.79 Å². The lowest BCUT2D eigenvalue weighted by Gasteiger charge is -2.62. The number of methoxy groups -OCH3 is 1. The minimum Gasteiger partial charge on any atom is -0.506 e. The van der Waals surface area contributed by atoms with E-state index in [0.29, 0.717) is 36.1 Å². The number of fused-ring (bicyclic) bond motifs is 2. The molecule has 1 aromatic rings. The number of carboxylic acid groups (broad SMARTS) is 1. The number of aliphatic carboxylic acids is 1. The fourth-order valence-corrected chi connectivity index (χ4v) is 9.04. The second-order valence-electron chi connectivity index (χ2n) is 15.5. The lowest BCUT2D eigenvalue weighted by Crippen LogP contribution is -2.80. The highest BCUT2D eigenvalue weighted by Crippen LogP contribution is 2.70. The largest absolute Gasteiger partial charge is 0.506 e. The Morgan fingerprint density at radius 3 is 2.33 bits per heavy atom. The zero-order chi connectivity index (χ0) is 35.1. The number of carboxylic acids is 1. The summed E-state index contributed by atoms with van der Waals surface area (Å²) < 4.78 is 26.8. The molecule has 258 valence electrons. The van der Waals surface area contributed by atoms with Gasteiger partial charge in [-0.3, -0.25) is 9.59 Å². The third kappa shape index (κ3) is 4.75. The molecule has 9 heteroatoms. The summed E-state index contributed by atoms with van der Waals surface area (Å²) in [7, 11) is 1.49. The van der Waals surface area contributed by atoms with E-state index in [0.717, 1.165) is 12.0 Å². The number of benzene rings is 1. The normalized spacial score (nSPS) is 33.6. The van der Waals surface area contributed by atoms with Crippen molar-refractivity contribution < 1.29 is 43.5 Å². The molecule has 0 aromatic heterocycles. The monoisotopic (exact) mass is 660 g/mol. The van der Waals surface area contributed by atoms with Gasteiger partial charge in [0.2, 0.25) is 0 Å². The first-order valence-corrected chi connectivity index (χ1v) is 16.9. The molecular formula is C39H48O9. The fourth-order valence-electron chi connectivity index (χ4n) is 9.04. The Labute approximate surface area is 282 Å². The topological polar surface area (TPSA) is 129 Å². The van der Waals surface area contributed by atoms with Gasteiger partial charge in [-0.05, 0) is 93.2 Å². The number of hydrogen-bond donors (Lipinski definition) is 2. The maximum atomic E-state index is 15.1. The lowest BCUT2D eigenvalue weighted by molar-refractivity contribution is -0.224. The third-order valence-corrected chi connectivity index (χ3v) is 11.3. The summed E-state index contributed by atoms with van der Waals surface area (Å²) in [6.45, 7) is 15.4.